The van der Waals surface area contributed by atoms with Gasteiger partial charge in [0.15, 0.2) is 11.5 Å². The van der Waals surface area contributed by atoms with Crippen molar-refractivity contribution < 1.29 is 19.0 Å². The van der Waals surface area contributed by atoms with Gasteiger partial charge in [-0.15, -0.1) is 0 Å². The molecule has 0 saturated heterocycles. The zero-order chi connectivity index (χ0) is 23.4. The van der Waals surface area contributed by atoms with Gasteiger partial charge in [-0.3, -0.25) is 9.36 Å². The molecule has 0 fully saturated rings. The summed E-state index contributed by atoms with van der Waals surface area (Å²) in [6.07, 6.45) is 3.54. The Kier molecular flexibility index (Phi) is 6.21. The Balaban J connectivity index is 1.49. The summed E-state index contributed by atoms with van der Waals surface area (Å²) in [5, 5.41) is 2.85. The number of methoxy groups -OCH3 is 2. The minimum absolute atomic E-state index is 0.314. The average molecular weight is 445 g/mol. The van der Waals surface area contributed by atoms with Gasteiger partial charge in [0.2, 0.25) is 5.88 Å². The zero-order valence-corrected chi connectivity index (χ0v) is 18.7. The predicted molar refractivity (Wildman–Crippen MR) is 123 cm³/mol. The van der Waals surface area contributed by atoms with Crippen LogP contribution in [0.3, 0.4) is 0 Å². The van der Waals surface area contributed by atoms with Gasteiger partial charge in [0.05, 0.1) is 19.8 Å². The van der Waals surface area contributed by atoms with Gasteiger partial charge in [0, 0.05) is 24.1 Å². The maximum absolute atomic E-state index is 12.8. The number of para-hydroxylation sites is 1. The Morgan fingerprint density at radius 1 is 1.00 bits per heavy atom. The first kappa shape index (κ1) is 21.8. The first-order chi connectivity index (χ1) is 16.0. The molecule has 2 heterocycles. The lowest BCUT2D eigenvalue weighted by Gasteiger charge is -2.13. The molecule has 2 aromatic heterocycles. The normalized spacial score (nSPS) is 10.5. The number of aryl methyl sites for hydroxylation is 2. The molecule has 1 N–H and O–H groups in total. The lowest BCUT2D eigenvalue weighted by Crippen LogP contribution is -2.13. The summed E-state index contributed by atoms with van der Waals surface area (Å²) in [7, 11) is 3.02. The number of hydrogen-bond donors (Lipinski definition) is 1. The smallest absolute Gasteiger partial charge is 0.259 e. The fraction of sp³-hybridized carbons (Fsp3) is 0.167. The number of hydrogen-bond acceptors (Lipinski definition) is 7. The first-order valence-electron chi connectivity index (χ1n) is 10.1. The molecule has 33 heavy (non-hydrogen) atoms. The van der Waals surface area contributed by atoms with Gasteiger partial charge in [-0.25, -0.2) is 9.97 Å². The Morgan fingerprint density at radius 3 is 2.45 bits per heavy atom. The number of imidazole rings is 1. The van der Waals surface area contributed by atoms with Gasteiger partial charge in [-0.1, -0.05) is 6.07 Å². The van der Waals surface area contributed by atoms with Crippen LogP contribution in [0.25, 0.3) is 5.82 Å². The molecular formula is C24H23N5O4. The Morgan fingerprint density at radius 2 is 1.79 bits per heavy atom. The van der Waals surface area contributed by atoms with Crippen molar-refractivity contribution in [2.24, 2.45) is 0 Å². The molecule has 9 nitrogen and oxygen atoms in total. The molecule has 4 rings (SSSR count). The number of aromatic nitrogens is 4. The summed E-state index contributed by atoms with van der Waals surface area (Å²) in [5.74, 6) is 3.58. The van der Waals surface area contributed by atoms with E-state index in [1.807, 2.05) is 17.7 Å². The molecule has 4 aromatic rings. The number of amides is 1. The number of nitrogens with one attached hydrogen (secondary N) is 1. The lowest BCUT2D eigenvalue weighted by molar-refractivity contribution is 0.102. The van der Waals surface area contributed by atoms with Gasteiger partial charge in [0.1, 0.15) is 23.2 Å². The van der Waals surface area contributed by atoms with Crippen LogP contribution >= 0.6 is 0 Å². The van der Waals surface area contributed by atoms with Gasteiger partial charge in [-0.2, -0.15) is 4.98 Å². The van der Waals surface area contributed by atoms with E-state index in [1.54, 1.807) is 61.7 Å². The van der Waals surface area contributed by atoms with Crippen LogP contribution in [0.2, 0.25) is 0 Å². The minimum Gasteiger partial charge on any atom is -0.493 e. The SMILES string of the molecule is COc1cccc(C(=O)Nc2ccc(Oc3cc(-n4ccnc4C)nc(C)n3)cc2)c1OC. The van der Waals surface area contributed by atoms with Gasteiger partial charge < -0.3 is 19.5 Å². The van der Waals surface area contributed by atoms with Crippen molar-refractivity contribution in [1.29, 1.82) is 0 Å². The number of ether oxygens (including phenoxy) is 3. The summed E-state index contributed by atoms with van der Waals surface area (Å²) in [5.41, 5.74) is 0.974. The maximum Gasteiger partial charge on any atom is 0.259 e. The van der Waals surface area contributed by atoms with E-state index in [0.717, 1.165) is 5.82 Å². The summed E-state index contributed by atoms with van der Waals surface area (Å²) >= 11 is 0. The van der Waals surface area contributed by atoms with Gasteiger partial charge >= 0.3 is 0 Å². The average Bonchev–Trinajstić information content (AvgIpc) is 3.25. The Labute approximate surface area is 191 Å². The van der Waals surface area contributed by atoms with Crippen molar-refractivity contribution in [2.75, 3.05) is 19.5 Å². The lowest BCUT2D eigenvalue weighted by atomic mass is 10.1. The number of benzene rings is 2. The molecule has 168 valence electrons. The van der Waals surface area contributed by atoms with Crippen molar-refractivity contribution in [3.63, 3.8) is 0 Å². The molecule has 0 spiro atoms. The van der Waals surface area contributed by atoms with Crippen LogP contribution in [-0.2, 0) is 0 Å². The number of carbonyl (C=O) groups excluding carboxylic acids is 1. The van der Waals surface area contributed by atoms with Crippen LogP contribution in [0, 0.1) is 13.8 Å². The van der Waals surface area contributed by atoms with E-state index in [0.29, 0.717) is 46.0 Å². The topological polar surface area (TPSA) is 100 Å². The van der Waals surface area contributed by atoms with Crippen LogP contribution in [0.4, 0.5) is 5.69 Å². The summed E-state index contributed by atoms with van der Waals surface area (Å²) in [4.78, 5) is 25.8. The third-order valence-electron chi connectivity index (χ3n) is 4.86. The van der Waals surface area contributed by atoms with E-state index in [2.05, 4.69) is 20.3 Å². The highest BCUT2D eigenvalue weighted by Gasteiger charge is 2.16. The number of rotatable bonds is 7. The molecule has 0 bridgehead atoms. The third kappa shape index (κ3) is 4.77. The fourth-order valence-electron chi connectivity index (χ4n) is 3.31. The highest BCUT2D eigenvalue weighted by molar-refractivity contribution is 6.06. The molecule has 1 amide bonds. The third-order valence-corrected chi connectivity index (χ3v) is 4.86. The van der Waals surface area contributed by atoms with Crippen molar-refractivity contribution in [3.8, 4) is 28.9 Å². The second kappa shape index (κ2) is 9.39. The second-order valence-electron chi connectivity index (χ2n) is 7.08. The van der Waals surface area contributed by atoms with Crippen molar-refractivity contribution >= 4 is 11.6 Å². The summed E-state index contributed by atoms with van der Waals surface area (Å²) < 4.78 is 18.4. The number of anilines is 1. The monoisotopic (exact) mass is 445 g/mol. The van der Waals surface area contributed by atoms with E-state index < -0.39 is 0 Å². The van der Waals surface area contributed by atoms with E-state index in [4.69, 9.17) is 14.2 Å². The van der Waals surface area contributed by atoms with E-state index >= 15 is 0 Å². The standard InChI is InChI=1S/C24H23N5O4/c1-15-26-21(29-13-12-25-16(29)2)14-22(27-15)33-18-10-8-17(9-11-18)28-24(30)19-6-5-7-20(31-3)23(19)32-4/h5-14H,1-4H3,(H,28,30). The molecule has 0 aliphatic rings. The fourth-order valence-corrected chi connectivity index (χ4v) is 3.31. The molecule has 9 heteroatoms. The van der Waals surface area contributed by atoms with Crippen LogP contribution in [0.15, 0.2) is 60.9 Å². The van der Waals surface area contributed by atoms with E-state index in [9.17, 15) is 4.79 Å². The van der Waals surface area contributed by atoms with Gasteiger partial charge in [0.25, 0.3) is 5.91 Å². The summed E-state index contributed by atoms with van der Waals surface area (Å²) in [6.45, 7) is 3.69. The largest absolute Gasteiger partial charge is 0.493 e. The number of nitrogens with zero attached hydrogens (tertiary/aromatic N) is 4. The Hall–Kier alpha value is -4.40. The Bertz CT molecular complexity index is 1280. The molecule has 0 atom stereocenters. The van der Waals surface area contributed by atoms with E-state index in [1.165, 1.54) is 14.2 Å². The molecule has 0 aliphatic heterocycles. The second-order valence-corrected chi connectivity index (χ2v) is 7.08. The quantitative estimate of drug-likeness (QED) is 0.452. The van der Waals surface area contributed by atoms with Crippen molar-refractivity contribution in [3.05, 3.63) is 78.1 Å². The maximum atomic E-state index is 12.8. The summed E-state index contributed by atoms with van der Waals surface area (Å²) in [6, 6.07) is 13.9. The molecular weight excluding hydrogens is 422 g/mol. The zero-order valence-electron chi connectivity index (χ0n) is 18.7. The molecule has 2 aromatic carbocycles. The predicted octanol–water partition coefficient (Wildman–Crippen LogP) is 4.34. The van der Waals surface area contributed by atoms with Crippen LogP contribution < -0.4 is 19.5 Å². The van der Waals surface area contributed by atoms with Crippen LogP contribution in [0.5, 0.6) is 23.1 Å². The highest BCUT2D eigenvalue weighted by atomic mass is 16.5. The first-order valence-corrected chi connectivity index (χ1v) is 10.1. The number of carbonyl (C=O) groups is 1. The molecule has 0 saturated carbocycles. The van der Waals surface area contributed by atoms with E-state index in [-0.39, 0.29) is 5.91 Å². The molecule has 0 aliphatic carbocycles. The minimum atomic E-state index is -0.314. The van der Waals surface area contributed by atoms with Crippen LogP contribution in [-0.4, -0.2) is 39.6 Å². The van der Waals surface area contributed by atoms with Crippen molar-refractivity contribution in [1.82, 2.24) is 19.5 Å². The highest BCUT2D eigenvalue weighted by Crippen LogP contribution is 2.31. The molecule has 0 radical (unpaired) electrons. The van der Waals surface area contributed by atoms with Crippen molar-refractivity contribution in [2.45, 2.75) is 13.8 Å². The molecule has 0 unspecified atom stereocenters. The van der Waals surface area contributed by atoms with Crippen LogP contribution in [0.1, 0.15) is 22.0 Å². The van der Waals surface area contributed by atoms with Gasteiger partial charge in [-0.05, 0) is 50.2 Å².